The third-order valence-corrected chi connectivity index (χ3v) is 6.24. The molecule has 1 aliphatic rings. The molecule has 5 nitrogen and oxygen atoms in total. The van der Waals surface area contributed by atoms with Crippen LogP contribution >= 0.6 is 48.2 Å². The molecule has 172 valence electrons. The second-order valence-electron chi connectivity index (χ2n) is 7.02. The molecule has 0 bridgehead atoms. The van der Waals surface area contributed by atoms with Gasteiger partial charge in [-0.3, -0.25) is 9.69 Å². The van der Waals surface area contributed by atoms with Crippen LogP contribution in [0.1, 0.15) is 12.0 Å². The van der Waals surface area contributed by atoms with Gasteiger partial charge in [-0.15, -0.1) is 24.8 Å². The van der Waals surface area contributed by atoms with Gasteiger partial charge in [-0.2, -0.15) is 0 Å². The lowest BCUT2D eigenvalue weighted by atomic mass is 10.2. The second kappa shape index (κ2) is 14.8. The largest absolute Gasteiger partial charge is 0.495 e. The molecule has 1 fully saturated rings. The van der Waals surface area contributed by atoms with Gasteiger partial charge in [0.1, 0.15) is 5.75 Å². The van der Waals surface area contributed by atoms with E-state index in [0.717, 1.165) is 56.5 Å². The molecule has 1 aliphatic heterocycles. The van der Waals surface area contributed by atoms with Crippen molar-refractivity contribution in [1.82, 2.24) is 9.80 Å². The molecule has 3 rings (SSSR count). The molecule has 0 atom stereocenters. The molecule has 0 spiro atoms. The molecule has 0 radical (unpaired) electrons. The van der Waals surface area contributed by atoms with Gasteiger partial charge in [-0.25, -0.2) is 0 Å². The summed E-state index contributed by atoms with van der Waals surface area (Å²) in [6.07, 6.45) is 0.995. The molecule has 1 amide bonds. The maximum atomic E-state index is 12.1. The smallest absolute Gasteiger partial charge is 0.283 e. The van der Waals surface area contributed by atoms with E-state index >= 15 is 0 Å². The number of amides is 1. The number of thioether (sulfide) groups is 1. The first kappa shape index (κ1) is 27.9. The Bertz CT molecular complexity index is 805. The monoisotopic (exact) mass is 505 g/mol. The fraction of sp³-hybridized carbons (Fsp3) is 0.409. The molecule has 2 aromatic carbocycles. The lowest BCUT2D eigenvalue weighted by Crippen LogP contribution is -2.46. The van der Waals surface area contributed by atoms with Gasteiger partial charge in [-0.1, -0.05) is 53.7 Å². The average molecular weight is 507 g/mol. The molecule has 1 heterocycles. The van der Waals surface area contributed by atoms with E-state index in [2.05, 4.69) is 21.2 Å². The zero-order chi connectivity index (χ0) is 20.5. The third kappa shape index (κ3) is 9.08. The van der Waals surface area contributed by atoms with E-state index < -0.39 is 0 Å². The van der Waals surface area contributed by atoms with Crippen molar-refractivity contribution in [2.75, 3.05) is 50.9 Å². The molecule has 9 heteroatoms. The Morgan fingerprint density at radius 2 is 1.68 bits per heavy atom. The van der Waals surface area contributed by atoms with Crippen LogP contribution in [-0.4, -0.2) is 60.6 Å². The number of para-hydroxylation sites is 2. The van der Waals surface area contributed by atoms with Gasteiger partial charge in [0.15, 0.2) is 0 Å². The first-order valence-electron chi connectivity index (χ1n) is 9.90. The van der Waals surface area contributed by atoms with Crippen molar-refractivity contribution in [3.05, 3.63) is 59.1 Å². The summed E-state index contributed by atoms with van der Waals surface area (Å²) in [5.74, 6) is 1.48. The van der Waals surface area contributed by atoms with Gasteiger partial charge in [0, 0.05) is 43.5 Å². The normalized spacial score (nSPS) is 14.3. The van der Waals surface area contributed by atoms with E-state index in [1.165, 1.54) is 17.3 Å². The van der Waals surface area contributed by atoms with Crippen molar-refractivity contribution in [3.63, 3.8) is 0 Å². The number of nitrogens with zero attached hydrogens (tertiary/aromatic N) is 2. The molecule has 1 N–H and O–H groups in total. The highest BCUT2D eigenvalue weighted by Gasteiger charge is 2.17. The molecule has 1 saturated heterocycles. The number of methoxy groups -OCH3 is 1. The average Bonchev–Trinajstić information content (AvgIpc) is 2.74. The fourth-order valence-corrected chi connectivity index (χ4v) is 4.22. The van der Waals surface area contributed by atoms with E-state index in [1.54, 1.807) is 7.11 Å². The number of ether oxygens (including phenoxy) is 1. The molecular weight excluding hydrogens is 477 g/mol. The van der Waals surface area contributed by atoms with Gasteiger partial charge in [0.05, 0.1) is 12.8 Å². The zero-order valence-corrected chi connectivity index (χ0v) is 20.8. The van der Waals surface area contributed by atoms with Crippen molar-refractivity contribution in [1.29, 1.82) is 0 Å². The van der Waals surface area contributed by atoms with E-state index in [-0.39, 0.29) is 30.1 Å². The SMILES string of the molecule is COc1ccccc1NC(=O)SCCCN1CCN(Cc2ccccc2Cl)CC1.Cl.Cl. The van der Waals surface area contributed by atoms with E-state index in [0.29, 0.717) is 11.4 Å². The number of carbonyl (C=O) groups is 1. The molecule has 0 saturated carbocycles. The standard InChI is InChI=1S/C22H28ClN3O2S.2ClH/c1-28-21-10-5-4-9-20(21)24-22(27)29-16-6-11-25-12-14-26(15-13-25)17-18-7-2-3-8-19(18)23;;/h2-5,7-10H,6,11-17H2,1H3,(H,24,27);2*1H. The molecule has 0 aliphatic carbocycles. The van der Waals surface area contributed by atoms with E-state index in [9.17, 15) is 4.79 Å². The third-order valence-electron chi connectivity index (χ3n) is 5.01. The fourth-order valence-electron chi connectivity index (χ4n) is 3.39. The Hall–Kier alpha value is -1.15. The first-order valence-corrected chi connectivity index (χ1v) is 11.3. The lowest BCUT2D eigenvalue weighted by molar-refractivity contribution is 0.127. The lowest BCUT2D eigenvalue weighted by Gasteiger charge is -2.34. The number of nitrogens with one attached hydrogen (secondary N) is 1. The van der Waals surface area contributed by atoms with Crippen LogP contribution in [-0.2, 0) is 6.54 Å². The number of piperazine rings is 1. The van der Waals surface area contributed by atoms with Crippen LogP contribution in [0.4, 0.5) is 10.5 Å². The van der Waals surface area contributed by atoms with E-state index in [1.807, 2.05) is 42.5 Å². The van der Waals surface area contributed by atoms with Crippen LogP contribution in [0.2, 0.25) is 5.02 Å². The number of halogens is 3. The Labute approximate surface area is 206 Å². The number of carbonyl (C=O) groups excluding carboxylic acids is 1. The minimum atomic E-state index is -0.0425. The van der Waals surface area contributed by atoms with Crippen molar-refractivity contribution < 1.29 is 9.53 Å². The summed E-state index contributed by atoms with van der Waals surface area (Å²) in [5, 5.41) is 3.70. The maximum Gasteiger partial charge on any atom is 0.283 e. The minimum Gasteiger partial charge on any atom is -0.495 e. The quantitative estimate of drug-likeness (QED) is 0.468. The molecular formula is C22H30Cl3N3O2S. The highest BCUT2D eigenvalue weighted by Crippen LogP contribution is 2.24. The Morgan fingerprint density at radius 3 is 2.39 bits per heavy atom. The van der Waals surface area contributed by atoms with Crippen molar-refractivity contribution in [3.8, 4) is 5.75 Å². The molecule has 31 heavy (non-hydrogen) atoms. The summed E-state index contributed by atoms with van der Waals surface area (Å²) in [4.78, 5) is 17.1. The van der Waals surface area contributed by atoms with Gasteiger partial charge in [-0.05, 0) is 36.7 Å². The van der Waals surface area contributed by atoms with Crippen molar-refractivity contribution >= 4 is 59.1 Å². The predicted octanol–water partition coefficient (Wildman–Crippen LogP) is 5.67. The first-order chi connectivity index (χ1) is 14.2. The predicted molar refractivity (Wildman–Crippen MR) is 137 cm³/mol. The summed E-state index contributed by atoms with van der Waals surface area (Å²) in [5.41, 5.74) is 1.90. The van der Waals surface area contributed by atoms with Gasteiger partial charge in [0.2, 0.25) is 0 Å². The van der Waals surface area contributed by atoms with Crippen LogP contribution in [0, 0.1) is 0 Å². The number of hydrogen-bond acceptors (Lipinski definition) is 5. The van der Waals surface area contributed by atoms with Crippen LogP contribution in [0.5, 0.6) is 5.75 Å². The summed E-state index contributed by atoms with van der Waals surface area (Å²) in [7, 11) is 1.60. The minimum absolute atomic E-state index is 0. The van der Waals surface area contributed by atoms with Gasteiger partial charge in [0.25, 0.3) is 5.24 Å². The van der Waals surface area contributed by atoms with Crippen LogP contribution in [0.25, 0.3) is 0 Å². The number of hydrogen-bond donors (Lipinski definition) is 1. The molecule has 0 unspecified atom stereocenters. The Kier molecular flexibility index (Phi) is 13.3. The second-order valence-corrected chi connectivity index (χ2v) is 8.50. The van der Waals surface area contributed by atoms with Crippen LogP contribution in [0.3, 0.4) is 0 Å². The molecule has 2 aromatic rings. The number of benzene rings is 2. The Balaban J connectivity index is 0.00000240. The maximum absolute atomic E-state index is 12.1. The summed E-state index contributed by atoms with van der Waals surface area (Å²) in [6.45, 7) is 6.14. The van der Waals surface area contributed by atoms with Gasteiger partial charge >= 0.3 is 0 Å². The summed E-state index contributed by atoms with van der Waals surface area (Å²) in [6, 6.07) is 15.5. The van der Waals surface area contributed by atoms with Crippen LogP contribution < -0.4 is 10.1 Å². The summed E-state index contributed by atoms with van der Waals surface area (Å²) < 4.78 is 5.26. The Morgan fingerprint density at radius 1 is 1.03 bits per heavy atom. The highest BCUT2D eigenvalue weighted by molar-refractivity contribution is 8.13. The zero-order valence-electron chi connectivity index (χ0n) is 17.6. The summed E-state index contributed by atoms with van der Waals surface area (Å²) >= 11 is 7.60. The van der Waals surface area contributed by atoms with Crippen molar-refractivity contribution in [2.24, 2.45) is 0 Å². The molecule has 0 aromatic heterocycles. The van der Waals surface area contributed by atoms with Crippen molar-refractivity contribution in [2.45, 2.75) is 13.0 Å². The van der Waals surface area contributed by atoms with Gasteiger partial charge < -0.3 is 15.0 Å². The topological polar surface area (TPSA) is 44.8 Å². The number of anilines is 1. The highest BCUT2D eigenvalue weighted by atomic mass is 35.5. The number of rotatable bonds is 8. The van der Waals surface area contributed by atoms with E-state index in [4.69, 9.17) is 16.3 Å². The van der Waals surface area contributed by atoms with Crippen LogP contribution in [0.15, 0.2) is 48.5 Å².